The number of sulfonamides is 2. The van der Waals surface area contributed by atoms with Crippen LogP contribution in [0, 0.1) is 11.2 Å². The average Bonchev–Trinajstić information content (AvgIpc) is 2.75. The van der Waals surface area contributed by atoms with Crippen molar-refractivity contribution >= 4 is 48.8 Å². The number of aliphatic hydroxyl groups excluding tert-OH is 1. The second-order valence-electron chi connectivity index (χ2n) is 10.8. The molecule has 2 aromatic carbocycles. The molecule has 198 valence electrons. The Morgan fingerprint density at radius 3 is 2.46 bits per heavy atom. The van der Waals surface area contributed by atoms with Crippen LogP contribution < -0.4 is 10.0 Å². The third-order valence-corrected chi connectivity index (χ3v) is 8.36. The Balaban J connectivity index is 1.86. The fourth-order valence-electron chi connectivity index (χ4n) is 4.47. The van der Waals surface area contributed by atoms with Gasteiger partial charge in [0.15, 0.2) is 11.6 Å². The molecule has 1 aliphatic heterocycles. The molecular formula is C25H28FN3O6S2. The first-order valence-corrected chi connectivity index (χ1v) is 14.8. The number of rotatable bonds is 5. The van der Waals surface area contributed by atoms with Crippen molar-refractivity contribution in [3.05, 3.63) is 58.9 Å². The monoisotopic (exact) mass is 549 g/mol. The molecule has 3 N–H and O–H groups in total. The standard InChI is InChI=1S/C25H28FN3O6S2/c1-24(2,3)10-11-25(4)17-8-6-14(26)12-16(17)21(30)20(22(25)31)23-27-18-9-7-15(28-36(5,32)33)13-19(18)37(34,35)29-23/h6-9,12-13,28,30H,10-11H2,1-5H3,(H,27,29)/t25-/m1/s1. The molecule has 9 nitrogen and oxygen atoms in total. The molecule has 2 aliphatic rings. The molecule has 0 saturated heterocycles. The van der Waals surface area contributed by atoms with E-state index in [4.69, 9.17) is 0 Å². The van der Waals surface area contributed by atoms with Crippen LogP contribution in [0.4, 0.5) is 15.8 Å². The zero-order chi connectivity index (χ0) is 27.6. The van der Waals surface area contributed by atoms with Crippen LogP contribution in [0.3, 0.4) is 0 Å². The van der Waals surface area contributed by atoms with E-state index < -0.39 is 48.7 Å². The van der Waals surface area contributed by atoms with E-state index in [9.17, 15) is 31.1 Å². The molecular weight excluding hydrogens is 521 g/mol. The van der Waals surface area contributed by atoms with E-state index in [0.29, 0.717) is 18.4 Å². The molecule has 0 spiro atoms. The molecule has 0 amide bonds. The van der Waals surface area contributed by atoms with Crippen LogP contribution in [-0.4, -0.2) is 39.8 Å². The molecule has 1 atom stereocenters. The molecule has 4 rings (SSSR count). The smallest absolute Gasteiger partial charge is 0.286 e. The second-order valence-corrected chi connectivity index (χ2v) is 14.1. The molecule has 37 heavy (non-hydrogen) atoms. The first kappa shape index (κ1) is 26.8. The van der Waals surface area contributed by atoms with Gasteiger partial charge in [0, 0.05) is 11.3 Å². The maximum Gasteiger partial charge on any atom is 0.286 e. The van der Waals surface area contributed by atoms with Gasteiger partial charge in [-0.2, -0.15) is 8.42 Å². The lowest BCUT2D eigenvalue weighted by molar-refractivity contribution is -0.120. The molecule has 0 bridgehead atoms. The van der Waals surface area contributed by atoms with E-state index >= 15 is 0 Å². The Hall–Kier alpha value is -3.25. The summed E-state index contributed by atoms with van der Waals surface area (Å²) in [7, 11) is -8.07. The maximum atomic E-state index is 14.2. The highest BCUT2D eigenvalue weighted by Crippen LogP contribution is 2.45. The summed E-state index contributed by atoms with van der Waals surface area (Å²) < 4.78 is 69.5. The molecule has 0 aromatic heterocycles. The third kappa shape index (κ3) is 5.12. The maximum absolute atomic E-state index is 14.2. The van der Waals surface area contributed by atoms with Crippen molar-refractivity contribution in [3.8, 4) is 0 Å². The summed E-state index contributed by atoms with van der Waals surface area (Å²) in [6.45, 7) is 7.76. The first-order chi connectivity index (χ1) is 16.9. The largest absolute Gasteiger partial charge is 0.506 e. The van der Waals surface area contributed by atoms with Crippen LogP contribution in [0.25, 0.3) is 5.76 Å². The number of halogens is 1. The number of aliphatic hydroxyl groups is 1. The molecule has 1 aliphatic carbocycles. The number of Topliss-reactive ketones (excluding diaryl/α,β-unsaturated/α-hetero) is 1. The molecule has 0 unspecified atom stereocenters. The van der Waals surface area contributed by atoms with Gasteiger partial charge in [-0.25, -0.2) is 12.8 Å². The van der Waals surface area contributed by atoms with Gasteiger partial charge in [-0.15, -0.1) is 4.40 Å². The van der Waals surface area contributed by atoms with Crippen LogP contribution >= 0.6 is 0 Å². The number of hydrogen-bond donors (Lipinski definition) is 3. The lowest BCUT2D eigenvalue weighted by Crippen LogP contribution is -2.43. The van der Waals surface area contributed by atoms with Gasteiger partial charge in [-0.05, 0) is 61.1 Å². The van der Waals surface area contributed by atoms with E-state index in [1.807, 2.05) is 20.8 Å². The Bertz CT molecular complexity index is 1610. The molecule has 0 saturated carbocycles. The first-order valence-electron chi connectivity index (χ1n) is 11.4. The van der Waals surface area contributed by atoms with Crippen molar-refractivity contribution in [1.82, 2.24) is 0 Å². The van der Waals surface area contributed by atoms with Crippen molar-refractivity contribution in [2.75, 3.05) is 16.3 Å². The zero-order valence-corrected chi connectivity index (χ0v) is 22.6. The lowest BCUT2D eigenvalue weighted by Gasteiger charge is -2.37. The van der Waals surface area contributed by atoms with Crippen LogP contribution in [0.15, 0.2) is 51.3 Å². The van der Waals surface area contributed by atoms with Gasteiger partial charge < -0.3 is 10.4 Å². The van der Waals surface area contributed by atoms with Gasteiger partial charge in [-0.1, -0.05) is 26.8 Å². The van der Waals surface area contributed by atoms with Gasteiger partial charge in [0.05, 0.1) is 17.4 Å². The second kappa shape index (κ2) is 8.66. The minimum atomic E-state index is -4.40. The van der Waals surface area contributed by atoms with Gasteiger partial charge in [-0.3, -0.25) is 9.52 Å². The molecule has 12 heteroatoms. The van der Waals surface area contributed by atoms with Crippen LogP contribution in [-0.2, 0) is 30.3 Å². The van der Waals surface area contributed by atoms with Gasteiger partial charge >= 0.3 is 0 Å². The van der Waals surface area contributed by atoms with Crippen molar-refractivity contribution in [1.29, 1.82) is 0 Å². The predicted octanol–water partition coefficient (Wildman–Crippen LogP) is 4.35. The van der Waals surface area contributed by atoms with E-state index in [0.717, 1.165) is 18.4 Å². The van der Waals surface area contributed by atoms with E-state index in [-0.39, 0.29) is 32.8 Å². The third-order valence-electron chi connectivity index (χ3n) is 6.44. The molecule has 2 aromatic rings. The van der Waals surface area contributed by atoms with Crippen molar-refractivity contribution < 1.29 is 31.1 Å². The number of fused-ring (bicyclic) bond motifs is 2. The number of nitrogens with one attached hydrogen (secondary N) is 2. The number of hydrogen-bond acceptors (Lipinski definition) is 7. The highest BCUT2D eigenvalue weighted by Gasteiger charge is 2.47. The zero-order valence-electron chi connectivity index (χ0n) is 21.0. The van der Waals surface area contributed by atoms with Gasteiger partial charge in [0.25, 0.3) is 10.0 Å². The number of carbonyl (C=O) groups is 1. The van der Waals surface area contributed by atoms with E-state index in [2.05, 4.69) is 14.4 Å². The van der Waals surface area contributed by atoms with Crippen molar-refractivity contribution in [3.63, 3.8) is 0 Å². The van der Waals surface area contributed by atoms with Crippen LogP contribution in [0.5, 0.6) is 0 Å². The summed E-state index contributed by atoms with van der Waals surface area (Å²) in [5, 5.41) is 13.9. The predicted molar refractivity (Wildman–Crippen MR) is 140 cm³/mol. The molecule has 0 radical (unpaired) electrons. The topological polar surface area (TPSA) is 142 Å². The number of nitrogens with zero attached hydrogens (tertiary/aromatic N) is 1. The van der Waals surface area contributed by atoms with Gasteiger partial charge in [0.2, 0.25) is 10.0 Å². The fourth-order valence-corrected chi connectivity index (χ4v) is 6.17. The number of amidine groups is 1. The Kier molecular flexibility index (Phi) is 6.27. The number of carbonyl (C=O) groups excluding carboxylic acids is 1. The van der Waals surface area contributed by atoms with Crippen molar-refractivity contribution in [2.24, 2.45) is 9.81 Å². The normalized spacial score (nSPS) is 21.0. The van der Waals surface area contributed by atoms with Crippen LogP contribution in [0.1, 0.15) is 51.7 Å². The number of ketones is 1. The Labute approximate surface area is 215 Å². The summed E-state index contributed by atoms with van der Waals surface area (Å²) in [6, 6.07) is 7.58. The highest BCUT2D eigenvalue weighted by molar-refractivity contribution is 7.92. The summed E-state index contributed by atoms with van der Waals surface area (Å²) in [5.41, 5.74) is -1.09. The SMILES string of the molecule is CC(C)(C)CC[C@@]1(C)C(=O)C(C2=NS(=O)(=O)c3cc(NS(C)(=O)=O)ccc3N2)=C(O)c2cc(F)ccc21. The summed E-state index contributed by atoms with van der Waals surface area (Å²) in [5.74, 6) is -2.14. The quantitative estimate of drug-likeness (QED) is 0.503. The number of benzene rings is 2. The summed E-state index contributed by atoms with van der Waals surface area (Å²) >= 11 is 0. The average molecular weight is 550 g/mol. The summed E-state index contributed by atoms with van der Waals surface area (Å²) in [6.07, 6.45) is 1.91. The minimum Gasteiger partial charge on any atom is -0.506 e. The van der Waals surface area contributed by atoms with E-state index in [1.165, 1.54) is 24.3 Å². The van der Waals surface area contributed by atoms with E-state index in [1.54, 1.807) is 6.92 Å². The molecule has 0 fully saturated rings. The fraction of sp³-hybridized carbons (Fsp3) is 0.360. The Morgan fingerprint density at radius 1 is 1.16 bits per heavy atom. The van der Waals surface area contributed by atoms with Crippen molar-refractivity contribution in [2.45, 2.75) is 50.8 Å². The lowest BCUT2D eigenvalue weighted by atomic mass is 9.65. The number of anilines is 2. The minimum absolute atomic E-state index is 0.0141. The molecule has 1 heterocycles. The van der Waals surface area contributed by atoms with Gasteiger partial charge in [0.1, 0.15) is 22.0 Å². The Morgan fingerprint density at radius 2 is 1.84 bits per heavy atom. The van der Waals surface area contributed by atoms with Crippen LogP contribution in [0.2, 0.25) is 0 Å². The summed E-state index contributed by atoms with van der Waals surface area (Å²) in [4.78, 5) is 13.6. The highest BCUT2D eigenvalue weighted by atomic mass is 32.2.